The second-order valence-electron chi connectivity index (χ2n) is 6.18. The first-order chi connectivity index (χ1) is 9.69. The zero-order valence-electron chi connectivity index (χ0n) is 11.9. The van der Waals surface area contributed by atoms with Crippen molar-refractivity contribution >= 4 is 12.0 Å². The van der Waals surface area contributed by atoms with E-state index in [4.69, 9.17) is 0 Å². The molecule has 0 unspecified atom stereocenters. The fourth-order valence-corrected chi connectivity index (χ4v) is 3.37. The zero-order chi connectivity index (χ0) is 14.0. The van der Waals surface area contributed by atoms with Crippen LogP contribution in [-0.2, 0) is 11.3 Å². The molecule has 0 atom stereocenters. The Morgan fingerprint density at radius 1 is 1.35 bits per heavy atom. The fourth-order valence-electron chi connectivity index (χ4n) is 3.37. The molecular formula is C17H22N2O. The molecule has 1 aromatic carbocycles. The van der Waals surface area contributed by atoms with Gasteiger partial charge in [-0.3, -0.25) is 9.69 Å². The lowest BCUT2D eigenvalue weighted by atomic mass is 9.77. The first-order valence-electron chi connectivity index (χ1n) is 7.40. The molecule has 1 N–H and O–H groups in total. The highest BCUT2D eigenvalue weighted by Gasteiger charge is 2.40. The molecule has 2 aliphatic heterocycles. The van der Waals surface area contributed by atoms with Gasteiger partial charge in [-0.2, -0.15) is 0 Å². The molecule has 0 saturated carbocycles. The quantitative estimate of drug-likeness (QED) is 0.915. The van der Waals surface area contributed by atoms with Gasteiger partial charge >= 0.3 is 0 Å². The number of hydrogen-bond donors (Lipinski definition) is 1. The Morgan fingerprint density at radius 3 is 2.80 bits per heavy atom. The third kappa shape index (κ3) is 2.78. The standard InChI is InChI=1S/C17H22N2O/c1-2-14-4-3-5-15(10-14)12-19-8-6-17(7-9-19)11-16(20)18-13-17/h2-5,10H,1,6-9,11-13H2,(H,18,20). The van der Waals surface area contributed by atoms with Crippen LogP contribution in [0.25, 0.3) is 6.08 Å². The van der Waals surface area contributed by atoms with Crippen LogP contribution in [0.15, 0.2) is 30.8 Å². The number of amides is 1. The number of benzene rings is 1. The monoisotopic (exact) mass is 270 g/mol. The SMILES string of the molecule is C=Cc1cccc(CN2CCC3(CC2)CNC(=O)C3)c1. The van der Waals surface area contributed by atoms with Crippen LogP contribution in [-0.4, -0.2) is 30.4 Å². The van der Waals surface area contributed by atoms with E-state index in [0.717, 1.165) is 45.4 Å². The molecule has 20 heavy (non-hydrogen) atoms. The van der Waals surface area contributed by atoms with E-state index in [9.17, 15) is 4.79 Å². The van der Waals surface area contributed by atoms with Gasteiger partial charge in [0.1, 0.15) is 0 Å². The first-order valence-corrected chi connectivity index (χ1v) is 7.40. The molecule has 1 spiro atoms. The summed E-state index contributed by atoms with van der Waals surface area (Å²) in [4.78, 5) is 13.9. The van der Waals surface area contributed by atoms with Crippen molar-refractivity contribution in [3.8, 4) is 0 Å². The molecule has 3 heteroatoms. The average Bonchev–Trinajstić information content (AvgIpc) is 2.83. The minimum atomic E-state index is 0.233. The summed E-state index contributed by atoms with van der Waals surface area (Å²) >= 11 is 0. The van der Waals surface area contributed by atoms with Crippen molar-refractivity contribution in [2.24, 2.45) is 5.41 Å². The molecule has 3 nitrogen and oxygen atoms in total. The summed E-state index contributed by atoms with van der Waals surface area (Å²) in [5.74, 6) is 0.233. The third-order valence-corrected chi connectivity index (χ3v) is 4.71. The zero-order valence-corrected chi connectivity index (χ0v) is 11.9. The van der Waals surface area contributed by atoms with Gasteiger partial charge in [0, 0.05) is 19.5 Å². The van der Waals surface area contributed by atoms with E-state index in [1.54, 1.807) is 0 Å². The van der Waals surface area contributed by atoms with Crippen LogP contribution in [0.4, 0.5) is 0 Å². The lowest BCUT2D eigenvalue weighted by Crippen LogP contribution is -2.40. The molecule has 0 radical (unpaired) electrons. The number of rotatable bonds is 3. The van der Waals surface area contributed by atoms with E-state index in [-0.39, 0.29) is 11.3 Å². The molecule has 2 heterocycles. The van der Waals surface area contributed by atoms with Crippen LogP contribution in [0.3, 0.4) is 0 Å². The van der Waals surface area contributed by atoms with Gasteiger partial charge in [0.25, 0.3) is 0 Å². The van der Waals surface area contributed by atoms with Crippen LogP contribution < -0.4 is 5.32 Å². The van der Waals surface area contributed by atoms with Gasteiger partial charge < -0.3 is 5.32 Å². The highest BCUT2D eigenvalue weighted by Crippen LogP contribution is 2.37. The summed E-state index contributed by atoms with van der Waals surface area (Å²) in [6, 6.07) is 8.56. The van der Waals surface area contributed by atoms with Crippen molar-refractivity contribution in [2.45, 2.75) is 25.8 Å². The number of carbonyl (C=O) groups excluding carboxylic acids is 1. The van der Waals surface area contributed by atoms with Gasteiger partial charge in [-0.1, -0.05) is 36.9 Å². The minimum absolute atomic E-state index is 0.233. The maximum absolute atomic E-state index is 11.4. The van der Waals surface area contributed by atoms with E-state index in [1.807, 2.05) is 6.08 Å². The number of piperidine rings is 1. The second kappa shape index (κ2) is 5.41. The normalized spacial score (nSPS) is 21.9. The summed E-state index contributed by atoms with van der Waals surface area (Å²) in [7, 11) is 0. The Balaban J connectivity index is 1.58. The van der Waals surface area contributed by atoms with Crippen molar-refractivity contribution in [3.05, 3.63) is 42.0 Å². The molecule has 3 rings (SSSR count). The van der Waals surface area contributed by atoms with Crippen molar-refractivity contribution in [1.82, 2.24) is 10.2 Å². The Hall–Kier alpha value is -1.61. The van der Waals surface area contributed by atoms with Crippen LogP contribution in [0.5, 0.6) is 0 Å². The molecule has 1 amide bonds. The molecule has 0 aliphatic carbocycles. The van der Waals surface area contributed by atoms with Gasteiger partial charge in [0.2, 0.25) is 5.91 Å². The second-order valence-corrected chi connectivity index (χ2v) is 6.18. The predicted octanol–water partition coefficient (Wildman–Crippen LogP) is 2.43. The number of carbonyl (C=O) groups is 1. The molecular weight excluding hydrogens is 248 g/mol. The Bertz CT molecular complexity index is 515. The molecule has 2 saturated heterocycles. The van der Waals surface area contributed by atoms with Gasteiger partial charge in [-0.05, 0) is 42.5 Å². The molecule has 106 valence electrons. The summed E-state index contributed by atoms with van der Waals surface area (Å²) < 4.78 is 0. The van der Waals surface area contributed by atoms with Crippen molar-refractivity contribution in [2.75, 3.05) is 19.6 Å². The lowest BCUT2D eigenvalue weighted by Gasteiger charge is -2.38. The number of hydrogen-bond acceptors (Lipinski definition) is 2. The first kappa shape index (κ1) is 13.4. The van der Waals surface area contributed by atoms with Gasteiger partial charge in [0.15, 0.2) is 0 Å². The molecule has 2 fully saturated rings. The van der Waals surface area contributed by atoms with Crippen molar-refractivity contribution in [1.29, 1.82) is 0 Å². The smallest absolute Gasteiger partial charge is 0.220 e. The summed E-state index contributed by atoms with van der Waals surface area (Å²) in [6.07, 6.45) is 4.89. The summed E-state index contributed by atoms with van der Waals surface area (Å²) in [5, 5.41) is 2.99. The lowest BCUT2D eigenvalue weighted by molar-refractivity contribution is -0.119. The van der Waals surface area contributed by atoms with Crippen LogP contribution in [0.2, 0.25) is 0 Å². The maximum atomic E-state index is 11.4. The van der Waals surface area contributed by atoms with E-state index in [2.05, 4.69) is 41.1 Å². The van der Waals surface area contributed by atoms with Crippen LogP contribution in [0.1, 0.15) is 30.4 Å². The Labute approximate surface area is 120 Å². The van der Waals surface area contributed by atoms with Crippen LogP contribution in [0, 0.1) is 5.41 Å². The Morgan fingerprint density at radius 2 is 2.15 bits per heavy atom. The van der Waals surface area contributed by atoms with E-state index in [1.165, 1.54) is 11.1 Å². The minimum Gasteiger partial charge on any atom is -0.356 e. The topological polar surface area (TPSA) is 32.3 Å². The van der Waals surface area contributed by atoms with Gasteiger partial charge in [-0.25, -0.2) is 0 Å². The van der Waals surface area contributed by atoms with Gasteiger partial charge in [-0.15, -0.1) is 0 Å². The number of likely N-dealkylation sites (tertiary alicyclic amines) is 1. The van der Waals surface area contributed by atoms with Gasteiger partial charge in [0.05, 0.1) is 0 Å². The highest BCUT2D eigenvalue weighted by molar-refractivity contribution is 5.79. The maximum Gasteiger partial charge on any atom is 0.220 e. The van der Waals surface area contributed by atoms with Crippen LogP contribution >= 0.6 is 0 Å². The molecule has 0 bridgehead atoms. The van der Waals surface area contributed by atoms with E-state index in [0.29, 0.717) is 0 Å². The average molecular weight is 270 g/mol. The fraction of sp³-hybridized carbons (Fsp3) is 0.471. The number of nitrogens with zero attached hydrogens (tertiary/aromatic N) is 1. The van der Waals surface area contributed by atoms with E-state index < -0.39 is 0 Å². The molecule has 0 aromatic heterocycles. The summed E-state index contributed by atoms with van der Waals surface area (Å²) in [6.45, 7) is 7.88. The highest BCUT2D eigenvalue weighted by atomic mass is 16.1. The summed E-state index contributed by atoms with van der Waals surface area (Å²) in [5.41, 5.74) is 2.77. The van der Waals surface area contributed by atoms with E-state index >= 15 is 0 Å². The largest absolute Gasteiger partial charge is 0.356 e. The predicted molar refractivity (Wildman–Crippen MR) is 81.1 cm³/mol. The molecule has 2 aliphatic rings. The van der Waals surface area contributed by atoms with Crippen molar-refractivity contribution < 1.29 is 4.79 Å². The molecule has 1 aromatic rings. The number of nitrogens with one attached hydrogen (secondary N) is 1. The Kier molecular flexibility index (Phi) is 3.62. The van der Waals surface area contributed by atoms with Crippen molar-refractivity contribution in [3.63, 3.8) is 0 Å². The third-order valence-electron chi connectivity index (χ3n) is 4.71.